The summed E-state index contributed by atoms with van der Waals surface area (Å²) in [4.78, 5) is 4.56. The Balaban J connectivity index is 1.89. The maximum absolute atomic E-state index is 11.2. The zero-order chi connectivity index (χ0) is 16.9. The first-order chi connectivity index (χ1) is 10.9. The van der Waals surface area contributed by atoms with E-state index in [2.05, 4.69) is 9.80 Å². The fraction of sp³-hybridized carbons (Fsp3) is 0.625. The lowest BCUT2D eigenvalue weighted by atomic mass is 10.1. The molecule has 0 N–H and O–H groups in total. The first-order valence-corrected chi connectivity index (χ1v) is 9.80. The third-order valence-corrected chi connectivity index (χ3v) is 5.05. The predicted molar refractivity (Wildman–Crippen MR) is 91.0 cm³/mol. The van der Waals surface area contributed by atoms with Crippen molar-refractivity contribution in [2.75, 3.05) is 59.0 Å². The van der Waals surface area contributed by atoms with E-state index in [1.807, 2.05) is 18.2 Å². The Morgan fingerprint density at radius 1 is 1.04 bits per heavy atom. The summed E-state index contributed by atoms with van der Waals surface area (Å²) in [7, 11) is 0.446. The van der Waals surface area contributed by atoms with Gasteiger partial charge < -0.3 is 9.47 Å². The zero-order valence-corrected chi connectivity index (χ0v) is 14.9. The van der Waals surface area contributed by atoms with Crippen molar-refractivity contribution in [3.63, 3.8) is 0 Å². The van der Waals surface area contributed by atoms with Crippen molar-refractivity contribution in [2.24, 2.45) is 0 Å². The van der Waals surface area contributed by atoms with Crippen LogP contribution in [0.3, 0.4) is 0 Å². The molecule has 1 aliphatic heterocycles. The molecule has 1 fully saturated rings. The van der Waals surface area contributed by atoms with Crippen molar-refractivity contribution in [1.82, 2.24) is 9.80 Å². The van der Waals surface area contributed by atoms with Crippen LogP contribution in [0.2, 0.25) is 0 Å². The van der Waals surface area contributed by atoms with Crippen molar-refractivity contribution in [2.45, 2.75) is 6.54 Å². The number of hydrogen-bond acceptors (Lipinski definition) is 6. The molecule has 0 saturated carbocycles. The van der Waals surface area contributed by atoms with E-state index in [4.69, 9.17) is 9.47 Å². The summed E-state index contributed by atoms with van der Waals surface area (Å²) in [6.45, 7) is 5.05. The highest BCUT2D eigenvalue weighted by atomic mass is 32.2. The number of rotatable bonds is 7. The van der Waals surface area contributed by atoms with E-state index in [1.165, 1.54) is 6.26 Å². The molecule has 23 heavy (non-hydrogen) atoms. The highest BCUT2D eigenvalue weighted by Gasteiger charge is 2.19. The Morgan fingerprint density at radius 2 is 1.70 bits per heavy atom. The zero-order valence-electron chi connectivity index (χ0n) is 14.1. The number of hydrogen-bond donors (Lipinski definition) is 0. The van der Waals surface area contributed by atoms with Gasteiger partial charge in [-0.05, 0) is 18.2 Å². The van der Waals surface area contributed by atoms with E-state index in [0.717, 1.165) is 49.8 Å². The molecule has 0 bridgehead atoms. The maximum atomic E-state index is 11.2. The van der Waals surface area contributed by atoms with Crippen LogP contribution in [0.15, 0.2) is 18.2 Å². The standard InChI is InChI=1S/C16H26N2O4S/c1-21-15-4-5-16(22-2)14(12-15)13-18-8-6-17(7-9-18)10-11-23(3,19)20/h4-5,12H,6-11,13H2,1-3H3. The molecule has 0 aromatic heterocycles. The molecule has 0 radical (unpaired) electrons. The molecule has 6 nitrogen and oxygen atoms in total. The van der Waals surface area contributed by atoms with Gasteiger partial charge >= 0.3 is 0 Å². The molecule has 0 atom stereocenters. The highest BCUT2D eigenvalue weighted by Crippen LogP contribution is 2.25. The average molecular weight is 342 g/mol. The van der Waals surface area contributed by atoms with Gasteiger partial charge in [0.1, 0.15) is 21.3 Å². The van der Waals surface area contributed by atoms with Crippen molar-refractivity contribution in [3.05, 3.63) is 23.8 Å². The van der Waals surface area contributed by atoms with Gasteiger partial charge in [0, 0.05) is 51.1 Å². The summed E-state index contributed by atoms with van der Waals surface area (Å²) in [5.41, 5.74) is 1.11. The maximum Gasteiger partial charge on any atom is 0.148 e. The molecule has 1 aliphatic rings. The van der Waals surface area contributed by atoms with Crippen LogP contribution in [-0.4, -0.2) is 77.2 Å². The molecular weight excluding hydrogens is 316 g/mol. The van der Waals surface area contributed by atoms with Crippen LogP contribution in [-0.2, 0) is 16.4 Å². The van der Waals surface area contributed by atoms with Gasteiger partial charge in [-0.3, -0.25) is 9.80 Å². The normalized spacial score (nSPS) is 17.2. The van der Waals surface area contributed by atoms with Crippen LogP contribution in [0, 0.1) is 0 Å². The summed E-state index contributed by atoms with van der Waals surface area (Å²) >= 11 is 0. The SMILES string of the molecule is COc1ccc(OC)c(CN2CCN(CCS(C)(=O)=O)CC2)c1. The molecule has 2 rings (SSSR count). The first kappa shape index (κ1) is 18.0. The number of benzene rings is 1. The minimum absolute atomic E-state index is 0.233. The van der Waals surface area contributed by atoms with Gasteiger partial charge in [0.15, 0.2) is 0 Å². The third-order valence-electron chi connectivity index (χ3n) is 4.12. The molecule has 1 aromatic rings. The van der Waals surface area contributed by atoms with Crippen molar-refractivity contribution in [1.29, 1.82) is 0 Å². The number of nitrogens with zero attached hydrogens (tertiary/aromatic N) is 2. The second kappa shape index (κ2) is 7.99. The smallest absolute Gasteiger partial charge is 0.148 e. The number of methoxy groups -OCH3 is 2. The summed E-state index contributed by atoms with van der Waals surface area (Å²) in [5, 5.41) is 0. The Morgan fingerprint density at radius 3 is 2.26 bits per heavy atom. The molecule has 1 saturated heterocycles. The molecule has 130 valence electrons. The van der Waals surface area contributed by atoms with Gasteiger partial charge in [-0.1, -0.05) is 0 Å². The van der Waals surface area contributed by atoms with Gasteiger partial charge in [-0.2, -0.15) is 0 Å². The molecule has 1 aromatic carbocycles. The first-order valence-electron chi connectivity index (χ1n) is 7.74. The third kappa shape index (κ3) is 5.67. The van der Waals surface area contributed by atoms with E-state index >= 15 is 0 Å². The number of piperazine rings is 1. The summed E-state index contributed by atoms with van der Waals surface area (Å²) in [6.07, 6.45) is 1.29. The topological polar surface area (TPSA) is 59.1 Å². The van der Waals surface area contributed by atoms with Crippen LogP contribution in [0.25, 0.3) is 0 Å². The Hall–Kier alpha value is -1.31. The van der Waals surface area contributed by atoms with Crippen molar-refractivity contribution >= 4 is 9.84 Å². The molecule has 0 aliphatic carbocycles. The van der Waals surface area contributed by atoms with Gasteiger partial charge in [0.2, 0.25) is 0 Å². The lowest BCUT2D eigenvalue weighted by Crippen LogP contribution is -2.47. The van der Waals surface area contributed by atoms with E-state index < -0.39 is 9.84 Å². The van der Waals surface area contributed by atoms with Gasteiger partial charge in [-0.15, -0.1) is 0 Å². The minimum atomic E-state index is -2.89. The molecule has 0 unspecified atom stereocenters. The summed E-state index contributed by atoms with van der Waals surface area (Å²) in [6, 6.07) is 5.83. The summed E-state index contributed by atoms with van der Waals surface area (Å²) in [5.74, 6) is 1.93. The van der Waals surface area contributed by atoms with E-state index in [0.29, 0.717) is 6.54 Å². The second-order valence-electron chi connectivity index (χ2n) is 5.93. The monoisotopic (exact) mass is 342 g/mol. The summed E-state index contributed by atoms with van der Waals surface area (Å²) < 4.78 is 33.2. The fourth-order valence-electron chi connectivity index (χ4n) is 2.71. The average Bonchev–Trinajstić information content (AvgIpc) is 2.53. The van der Waals surface area contributed by atoms with Crippen LogP contribution in [0.4, 0.5) is 0 Å². The lowest BCUT2D eigenvalue weighted by Gasteiger charge is -2.34. The number of ether oxygens (including phenoxy) is 2. The quantitative estimate of drug-likeness (QED) is 0.733. The Bertz CT molecular complexity index is 611. The fourth-order valence-corrected chi connectivity index (χ4v) is 3.30. The largest absolute Gasteiger partial charge is 0.497 e. The molecule has 7 heteroatoms. The number of sulfone groups is 1. The predicted octanol–water partition coefficient (Wildman–Crippen LogP) is 0.866. The van der Waals surface area contributed by atoms with Crippen LogP contribution in [0.1, 0.15) is 5.56 Å². The van der Waals surface area contributed by atoms with E-state index in [9.17, 15) is 8.42 Å². The van der Waals surface area contributed by atoms with Crippen LogP contribution < -0.4 is 9.47 Å². The molecule has 0 amide bonds. The van der Waals surface area contributed by atoms with E-state index in [-0.39, 0.29) is 5.75 Å². The van der Waals surface area contributed by atoms with Gasteiger partial charge in [0.25, 0.3) is 0 Å². The molecule has 1 heterocycles. The Kier molecular flexibility index (Phi) is 6.26. The van der Waals surface area contributed by atoms with Crippen LogP contribution >= 0.6 is 0 Å². The second-order valence-corrected chi connectivity index (χ2v) is 8.19. The molecular formula is C16H26N2O4S. The van der Waals surface area contributed by atoms with Gasteiger partial charge in [-0.25, -0.2) is 8.42 Å². The van der Waals surface area contributed by atoms with Crippen molar-refractivity contribution < 1.29 is 17.9 Å². The van der Waals surface area contributed by atoms with E-state index in [1.54, 1.807) is 14.2 Å². The Labute approximate surface area is 138 Å². The van der Waals surface area contributed by atoms with Crippen LogP contribution in [0.5, 0.6) is 11.5 Å². The highest BCUT2D eigenvalue weighted by molar-refractivity contribution is 7.90. The minimum Gasteiger partial charge on any atom is -0.497 e. The van der Waals surface area contributed by atoms with Crippen molar-refractivity contribution in [3.8, 4) is 11.5 Å². The van der Waals surface area contributed by atoms with Gasteiger partial charge in [0.05, 0.1) is 20.0 Å². The lowest BCUT2D eigenvalue weighted by molar-refractivity contribution is 0.131. The molecule has 0 spiro atoms.